The standard InChI is InChI=1S/C20H16N5O3S/c21-19-14-25(12-6-17(19)15-1-7-22-8-2-15)24-10-4-16(5-11-24)18-3-9-23-13-20(18)29(26,27)28/h1-14H,21H2/q+1/p+1. The number of pyridine rings is 4. The lowest BCUT2D eigenvalue weighted by Gasteiger charge is -2.05. The highest BCUT2D eigenvalue weighted by Gasteiger charge is 2.20. The van der Waals surface area contributed by atoms with Crippen molar-refractivity contribution < 1.29 is 22.3 Å². The Labute approximate surface area is 167 Å². The summed E-state index contributed by atoms with van der Waals surface area (Å²) < 4.78 is 36.2. The summed E-state index contributed by atoms with van der Waals surface area (Å²) in [6, 6.07) is 10.7. The zero-order valence-corrected chi connectivity index (χ0v) is 15.9. The van der Waals surface area contributed by atoms with E-state index in [1.807, 2.05) is 24.4 Å². The smallest absolute Gasteiger partial charge is 0.296 e. The van der Waals surface area contributed by atoms with Gasteiger partial charge < -0.3 is 5.73 Å². The molecule has 0 saturated carbocycles. The van der Waals surface area contributed by atoms with Crippen LogP contribution in [0.25, 0.3) is 22.3 Å². The van der Waals surface area contributed by atoms with Crippen LogP contribution in [-0.4, -0.2) is 22.9 Å². The fourth-order valence-corrected chi connectivity index (χ4v) is 3.67. The average molecular weight is 407 g/mol. The van der Waals surface area contributed by atoms with Gasteiger partial charge in [0.15, 0.2) is 0 Å². The molecule has 4 rings (SSSR count). The summed E-state index contributed by atoms with van der Waals surface area (Å²) in [5, 5.41) is 0. The number of nitrogens with two attached hydrogens (primary N) is 1. The Morgan fingerprint density at radius 2 is 1.41 bits per heavy atom. The quantitative estimate of drug-likeness (QED) is 0.392. The lowest BCUT2D eigenvalue weighted by atomic mass is 10.1. The van der Waals surface area contributed by atoms with Gasteiger partial charge >= 0.3 is 0 Å². The van der Waals surface area contributed by atoms with E-state index in [4.69, 9.17) is 5.73 Å². The van der Waals surface area contributed by atoms with E-state index in [0.29, 0.717) is 16.8 Å². The van der Waals surface area contributed by atoms with Gasteiger partial charge in [0, 0.05) is 54.1 Å². The van der Waals surface area contributed by atoms with Gasteiger partial charge in [0.25, 0.3) is 16.3 Å². The SMILES string of the molecule is Nc1c[n+](-[n+]2ccc(-c3ccncc3S(=O)(=O)O)cc2)ccc1-c1ccncc1. The minimum absolute atomic E-state index is 0.239. The molecule has 144 valence electrons. The molecule has 4 aromatic heterocycles. The third-order valence-electron chi connectivity index (χ3n) is 4.42. The minimum atomic E-state index is -4.38. The van der Waals surface area contributed by atoms with E-state index < -0.39 is 10.1 Å². The average Bonchev–Trinajstić information content (AvgIpc) is 2.74. The van der Waals surface area contributed by atoms with Gasteiger partial charge in [-0.05, 0) is 29.3 Å². The molecule has 8 nitrogen and oxygen atoms in total. The molecule has 0 radical (unpaired) electrons. The highest BCUT2D eigenvalue weighted by atomic mass is 32.2. The molecule has 0 aliphatic heterocycles. The topological polar surface area (TPSA) is 114 Å². The number of anilines is 1. The molecule has 0 bridgehead atoms. The van der Waals surface area contributed by atoms with Crippen molar-refractivity contribution in [2.45, 2.75) is 4.90 Å². The molecule has 3 N–H and O–H groups in total. The molecule has 9 heteroatoms. The summed E-state index contributed by atoms with van der Waals surface area (Å²) in [6.45, 7) is 0. The van der Waals surface area contributed by atoms with E-state index in [-0.39, 0.29) is 4.90 Å². The number of rotatable bonds is 4. The first kappa shape index (κ1) is 18.7. The van der Waals surface area contributed by atoms with E-state index in [2.05, 4.69) is 9.97 Å². The Morgan fingerprint density at radius 3 is 2.07 bits per heavy atom. The fourth-order valence-electron chi connectivity index (χ4n) is 3.02. The maximum absolute atomic E-state index is 11.6. The predicted molar refractivity (Wildman–Crippen MR) is 105 cm³/mol. The Kier molecular flexibility index (Phi) is 4.75. The van der Waals surface area contributed by atoms with E-state index in [0.717, 1.165) is 17.3 Å². The third kappa shape index (κ3) is 3.82. The molecule has 0 aromatic carbocycles. The first-order valence-electron chi connectivity index (χ1n) is 8.58. The van der Waals surface area contributed by atoms with Crippen LogP contribution in [0.2, 0.25) is 0 Å². The molecule has 4 heterocycles. The van der Waals surface area contributed by atoms with Gasteiger partial charge in [-0.2, -0.15) is 8.42 Å². The summed E-state index contributed by atoms with van der Waals surface area (Å²) in [7, 11) is -4.38. The second-order valence-corrected chi connectivity index (χ2v) is 7.63. The summed E-state index contributed by atoms with van der Waals surface area (Å²) in [4.78, 5) is 7.55. The summed E-state index contributed by atoms with van der Waals surface area (Å²) in [5.74, 6) is 0. The normalized spacial score (nSPS) is 11.3. The van der Waals surface area contributed by atoms with Crippen LogP contribution in [0, 0.1) is 0 Å². The maximum Gasteiger partial charge on any atom is 0.296 e. The van der Waals surface area contributed by atoms with Crippen LogP contribution in [0.1, 0.15) is 0 Å². The number of aromatic nitrogens is 4. The molecule has 0 aliphatic rings. The van der Waals surface area contributed by atoms with Crippen LogP contribution >= 0.6 is 0 Å². The Balaban J connectivity index is 1.69. The minimum Gasteiger partial charge on any atom is -0.393 e. The summed E-state index contributed by atoms with van der Waals surface area (Å²) in [6.07, 6.45) is 13.2. The molecule has 0 aliphatic carbocycles. The molecule has 0 saturated heterocycles. The Hall–Kier alpha value is -3.69. The molecule has 0 spiro atoms. The maximum atomic E-state index is 11.6. The van der Waals surface area contributed by atoms with Crippen molar-refractivity contribution in [3.8, 4) is 22.3 Å². The molecule has 4 aromatic rings. The van der Waals surface area contributed by atoms with E-state index in [1.54, 1.807) is 52.5 Å². The highest BCUT2D eigenvalue weighted by molar-refractivity contribution is 7.86. The monoisotopic (exact) mass is 407 g/mol. The van der Waals surface area contributed by atoms with Gasteiger partial charge in [-0.25, -0.2) is 0 Å². The lowest BCUT2D eigenvalue weighted by molar-refractivity contribution is -1.30. The van der Waals surface area contributed by atoms with Crippen molar-refractivity contribution >= 4 is 15.8 Å². The van der Waals surface area contributed by atoms with E-state index >= 15 is 0 Å². The van der Waals surface area contributed by atoms with Crippen LogP contribution in [0.4, 0.5) is 5.69 Å². The third-order valence-corrected chi connectivity index (χ3v) is 5.30. The van der Waals surface area contributed by atoms with Crippen molar-refractivity contribution in [1.82, 2.24) is 9.97 Å². The second kappa shape index (κ2) is 7.38. The lowest BCUT2D eigenvalue weighted by Crippen LogP contribution is -2.65. The molecule has 29 heavy (non-hydrogen) atoms. The predicted octanol–water partition coefficient (Wildman–Crippen LogP) is 1.53. The van der Waals surface area contributed by atoms with Crippen molar-refractivity contribution in [1.29, 1.82) is 0 Å². The second-order valence-electron chi connectivity index (χ2n) is 6.24. The van der Waals surface area contributed by atoms with Crippen molar-refractivity contribution in [3.05, 3.63) is 86.0 Å². The fraction of sp³-hybridized carbons (Fsp3) is 0. The number of hydrogen-bond donors (Lipinski definition) is 2. The van der Waals surface area contributed by atoms with Gasteiger partial charge in [0.2, 0.25) is 18.6 Å². The van der Waals surface area contributed by atoms with Crippen LogP contribution in [-0.2, 0) is 10.1 Å². The zero-order valence-electron chi connectivity index (χ0n) is 15.1. The number of hydrogen-bond acceptors (Lipinski definition) is 5. The van der Waals surface area contributed by atoms with Gasteiger partial charge in [-0.15, -0.1) is 0 Å². The van der Waals surface area contributed by atoms with Gasteiger partial charge in [0.1, 0.15) is 10.6 Å². The van der Waals surface area contributed by atoms with Crippen molar-refractivity contribution in [2.75, 3.05) is 5.73 Å². The Morgan fingerprint density at radius 1 is 0.793 bits per heavy atom. The molecular formula is C20H17N5O3S+2. The Bertz CT molecular complexity index is 1280. The zero-order chi connectivity index (χ0) is 20.4. The van der Waals surface area contributed by atoms with Crippen LogP contribution < -0.4 is 15.1 Å². The summed E-state index contributed by atoms with van der Waals surface area (Å²) >= 11 is 0. The first-order valence-corrected chi connectivity index (χ1v) is 10.0. The van der Waals surface area contributed by atoms with E-state index in [9.17, 15) is 13.0 Å². The van der Waals surface area contributed by atoms with Gasteiger partial charge in [-0.1, -0.05) is 0 Å². The number of nitrogens with zero attached hydrogens (tertiary/aromatic N) is 4. The van der Waals surface area contributed by atoms with Crippen LogP contribution in [0.15, 0.2) is 90.9 Å². The highest BCUT2D eigenvalue weighted by Crippen LogP contribution is 2.25. The molecule has 0 fully saturated rings. The molecule has 0 amide bonds. The molecular weight excluding hydrogens is 390 g/mol. The van der Waals surface area contributed by atoms with Crippen LogP contribution in [0.5, 0.6) is 0 Å². The first-order chi connectivity index (χ1) is 13.9. The summed E-state index contributed by atoms with van der Waals surface area (Å²) in [5.41, 5.74) is 9.68. The molecule has 0 unspecified atom stereocenters. The number of nitrogen functional groups attached to an aromatic ring is 1. The van der Waals surface area contributed by atoms with Crippen molar-refractivity contribution in [2.24, 2.45) is 0 Å². The van der Waals surface area contributed by atoms with Crippen molar-refractivity contribution in [3.63, 3.8) is 0 Å². The van der Waals surface area contributed by atoms with Gasteiger partial charge in [-0.3, -0.25) is 14.5 Å². The molecule has 0 atom stereocenters. The van der Waals surface area contributed by atoms with Crippen LogP contribution in [0.3, 0.4) is 0 Å². The largest absolute Gasteiger partial charge is 0.393 e. The van der Waals surface area contributed by atoms with E-state index in [1.165, 1.54) is 12.3 Å². The van der Waals surface area contributed by atoms with Gasteiger partial charge in [0.05, 0.1) is 9.35 Å².